The van der Waals surface area contributed by atoms with Gasteiger partial charge in [-0.2, -0.15) is 0 Å². The van der Waals surface area contributed by atoms with Crippen LogP contribution in [0.1, 0.15) is 102 Å². The first-order valence-electron chi connectivity index (χ1n) is 12.6. The highest BCUT2D eigenvalue weighted by Gasteiger charge is 2.17. The van der Waals surface area contributed by atoms with Crippen molar-refractivity contribution in [3.63, 3.8) is 0 Å². The zero-order valence-corrected chi connectivity index (χ0v) is 20.6. The molecular formula is C28H40O5. The minimum absolute atomic E-state index is 0.108. The molecular weight excluding hydrogens is 416 g/mol. The van der Waals surface area contributed by atoms with Crippen LogP contribution in [-0.2, 0) is 14.3 Å². The van der Waals surface area contributed by atoms with E-state index in [4.69, 9.17) is 14.2 Å². The molecule has 1 aliphatic rings. The molecule has 1 aliphatic carbocycles. The van der Waals surface area contributed by atoms with E-state index in [1.165, 1.54) is 32.1 Å². The summed E-state index contributed by atoms with van der Waals surface area (Å²) >= 11 is 0. The predicted molar refractivity (Wildman–Crippen MR) is 131 cm³/mol. The molecule has 2 rings (SSSR count). The summed E-state index contributed by atoms with van der Waals surface area (Å²) in [6.45, 7) is 7.02. The smallest absolute Gasteiger partial charge is 0.339 e. The third-order valence-electron chi connectivity index (χ3n) is 5.73. The maximum Gasteiger partial charge on any atom is 0.339 e. The minimum Gasteiger partial charge on any atom is -0.498 e. The molecule has 0 fully saturated rings. The number of hydrogen-bond donors (Lipinski definition) is 0. The molecule has 1 atom stereocenters. The fourth-order valence-corrected chi connectivity index (χ4v) is 3.64. The summed E-state index contributed by atoms with van der Waals surface area (Å²) in [6.07, 6.45) is 15.0. The maximum atomic E-state index is 12.5. The lowest BCUT2D eigenvalue weighted by atomic mass is 10.0. The molecule has 0 N–H and O–H groups in total. The molecule has 0 radical (unpaired) electrons. The van der Waals surface area contributed by atoms with Crippen LogP contribution in [0, 0.1) is 0 Å². The standard InChI is InChI=1S/C28H40O5/c1-4-6-8-10-12-22(3)32-27(29)23-15-19-26(20-16-23)33-28(30)24-13-17-25(18-14-24)31-21-11-9-7-5-2/h13,15-17,19-20,22H,4-12,14,18,21H2,1-3H3. The first kappa shape index (κ1) is 26.7. The third-order valence-corrected chi connectivity index (χ3v) is 5.73. The fourth-order valence-electron chi connectivity index (χ4n) is 3.64. The first-order chi connectivity index (χ1) is 16.0. The van der Waals surface area contributed by atoms with E-state index in [1.54, 1.807) is 30.3 Å². The Bertz CT molecular complexity index is 791. The van der Waals surface area contributed by atoms with Gasteiger partial charge in [0.25, 0.3) is 0 Å². The second-order valence-corrected chi connectivity index (χ2v) is 8.71. The highest BCUT2D eigenvalue weighted by Crippen LogP contribution is 2.22. The number of unbranched alkanes of at least 4 members (excludes halogenated alkanes) is 6. The molecule has 0 amide bonds. The number of benzene rings is 1. The van der Waals surface area contributed by atoms with Gasteiger partial charge in [0.05, 0.1) is 24.0 Å². The highest BCUT2D eigenvalue weighted by molar-refractivity contribution is 5.91. The molecule has 0 spiro atoms. The topological polar surface area (TPSA) is 61.8 Å². The Balaban J connectivity index is 1.77. The van der Waals surface area contributed by atoms with Crippen molar-refractivity contribution in [1.82, 2.24) is 0 Å². The number of ether oxygens (including phenoxy) is 3. The van der Waals surface area contributed by atoms with Crippen molar-refractivity contribution < 1.29 is 23.8 Å². The van der Waals surface area contributed by atoms with E-state index < -0.39 is 0 Å². The van der Waals surface area contributed by atoms with Crippen molar-refractivity contribution in [2.24, 2.45) is 0 Å². The van der Waals surface area contributed by atoms with E-state index in [9.17, 15) is 9.59 Å². The molecule has 0 aromatic heterocycles. The van der Waals surface area contributed by atoms with Crippen molar-refractivity contribution in [3.05, 3.63) is 53.3 Å². The molecule has 182 valence electrons. The Hall–Kier alpha value is -2.56. The Labute approximate surface area is 199 Å². The van der Waals surface area contributed by atoms with Crippen molar-refractivity contribution in [3.8, 4) is 5.75 Å². The van der Waals surface area contributed by atoms with Crippen LogP contribution in [0.4, 0.5) is 0 Å². The fraction of sp³-hybridized carbons (Fsp3) is 0.571. The summed E-state index contributed by atoms with van der Waals surface area (Å²) in [6, 6.07) is 6.53. The van der Waals surface area contributed by atoms with E-state index in [0.29, 0.717) is 29.7 Å². The zero-order chi connectivity index (χ0) is 23.9. The Kier molecular flexibility index (Phi) is 12.4. The molecule has 1 aromatic carbocycles. The molecule has 0 bridgehead atoms. The molecule has 5 nitrogen and oxygen atoms in total. The Morgan fingerprint density at radius 1 is 0.848 bits per heavy atom. The first-order valence-corrected chi connectivity index (χ1v) is 12.6. The van der Waals surface area contributed by atoms with Crippen LogP contribution in [0.25, 0.3) is 0 Å². The van der Waals surface area contributed by atoms with Gasteiger partial charge < -0.3 is 14.2 Å². The zero-order valence-electron chi connectivity index (χ0n) is 20.6. The number of allylic oxidation sites excluding steroid dienone is 3. The number of hydrogen-bond acceptors (Lipinski definition) is 5. The molecule has 0 heterocycles. The molecule has 0 saturated carbocycles. The van der Waals surface area contributed by atoms with Gasteiger partial charge in [-0.05, 0) is 69.0 Å². The number of carbonyl (C=O) groups excluding carboxylic acids is 2. The third kappa shape index (κ3) is 10.3. The Morgan fingerprint density at radius 2 is 1.55 bits per heavy atom. The lowest BCUT2D eigenvalue weighted by Crippen LogP contribution is -2.15. The van der Waals surface area contributed by atoms with Crippen molar-refractivity contribution in [1.29, 1.82) is 0 Å². The number of carbonyl (C=O) groups is 2. The summed E-state index contributed by atoms with van der Waals surface area (Å²) in [5.41, 5.74) is 1.07. The van der Waals surface area contributed by atoms with Crippen molar-refractivity contribution >= 4 is 11.9 Å². The summed E-state index contributed by atoms with van der Waals surface area (Å²) in [5, 5.41) is 0. The van der Waals surface area contributed by atoms with Crippen LogP contribution in [0.5, 0.6) is 5.75 Å². The van der Waals surface area contributed by atoms with E-state index >= 15 is 0 Å². The second kappa shape index (κ2) is 15.3. The van der Waals surface area contributed by atoms with Gasteiger partial charge in [0.2, 0.25) is 0 Å². The molecule has 0 aliphatic heterocycles. The molecule has 33 heavy (non-hydrogen) atoms. The van der Waals surface area contributed by atoms with Crippen molar-refractivity contribution in [2.75, 3.05) is 6.61 Å². The molecule has 1 unspecified atom stereocenters. The average molecular weight is 457 g/mol. The SMILES string of the molecule is CCCCCCOC1=CC=C(C(=O)Oc2ccc(C(=O)OC(C)CCCCCC)cc2)CC1. The normalized spacial score (nSPS) is 14.2. The van der Waals surface area contributed by atoms with Crippen LogP contribution < -0.4 is 4.74 Å². The molecule has 1 aromatic rings. The monoisotopic (exact) mass is 456 g/mol. The average Bonchev–Trinajstić information content (AvgIpc) is 2.82. The summed E-state index contributed by atoms with van der Waals surface area (Å²) in [5.74, 6) is 0.611. The van der Waals surface area contributed by atoms with Crippen LogP contribution in [0.2, 0.25) is 0 Å². The van der Waals surface area contributed by atoms with Gasteiger partial charge >= 0.3 is 11.9 Å². The van der Waals surface area contributed by atoms with E-state index in [1.807, 2.05) is 13.0 Å². The lowest BCUT2D eigenvalue weighted by Gasteiger charge is -2.15. The second-order valence-electron chi connectivity index (χ2n) is 8.71. The van der Waals surface area contributed by atoms with Gasteiger partial charge in [-0.3, -0.25) is 0 Å². The number of esters is 2. The Morgan fingerprint density at radius 3 is 2.18 bits per heavy atom. The van der Waals surface area contributed by atoms with Crippen LogP contribution in [-0.4, -0.2) is 24.6 Å². The van der Waals surface area contributed by atoms with Crippen molar-refractivity contribution in [2.45, 2.75) is 97.5 Å². The van der Waals surface area contributed by atoms with E-state index in [2.05, 4.69) is 13.8 Å². The highest BCUT2D eigenvalue weighted by atomic mass is 16.5. The summed E-state index contributed by atoms with van der Waals surface area (Å²) in [4.78, 5) is 24.8. The molecule has 5 heteroatoms. The lowest BCUT2D eigenvalue weighted by molar-refractivity contribution is -0.130. The van der Waals surface area contributed by atoms with Gasteiger partial charge in [0.1, 0.15) is 5.75 Å². The minimum atomic E-state index is -0.371. The largest absolute Gasteiger partial charge is 0.498 e. The maximum absolute atomic E-state index is 12.5. The van der Waals surface area contributed by atoms with E-state index in [-0.39, 0.29) is 18.0 Å². The summed E-state index contributed by atoms with van der Waals surface area (Å²) in [7, 11) is 0. The van der Waals surface area contributed by atoms with Gasteiger partial charge in [-0.1, -0.05) is 52.4 Å². The van der Waals surface area contributed by atoms with Gasteiger partial charge in [0.15, 0.2) is 0 Å². The quantitative estimate of drug-likeness (QED) is 0.157. The van der Waals surface area contributed by atoms with Crippen LogP contribution in [0.15, 0.2) is 47.7 Å². The van der Waals surface area contributed by atoms with Crippen LogP contribution in [0.3, 0.4) is 0 Å². The van der Waals surface area contributed by atoms with Gasteiger partial charge in [0, 0.05) is 12.0 Å². The number of rotatable bonds is 15. The van der Waals surface area contributed by atoms with E-state index in [0.717, 1.165) is 38.0 Å². The predicted octanol–water partition coefficient (Wildman–Crippen LogP) is 7.31. The van der Waals surface area contributed by atoms with Gasteiger partial charge in [-0.25, -0.2) is 9.59 Å². The molecule has 0 saturated heterocycles. The van der Waals surface area contributed by atoms with Crippen LogP contribution >= 0.6 is 0 Å². The summed E-state index contributed by atoms with van der Waals surface area (Å²) < 4.78 is 16.8. The van der Waals surface area contributed by atoms with Gasteiger partial charge in [-0.15, -0.1) is 0 Å².